The van der Waals surface area contributed by atoms with Gasteiger partial charge in [-0.1, -0.05) is 36.4 Å². The van der Waals surface area contributed by atoms with Crippen LogP contribution in [0.15, 0.2) is 67.1 Å². The molecule has 1 aliphatic rings. The van der Waals surface area contributed by atoms with E-state index in [1.807, 2.05) is 23.1 Å². The number of amides is 1. The average molecular weight is 354 g/mol. The van der Waals surface area contributed by atoms with Crippen molar-refractivity contribution in [3.8, 4) is 11.1 Å². The van der Waals surface area contributed by atoms with E-state index in [9.17, 15) is 4.79 Å². The van der Waals surface area contributed by atoms with E-state index in [4.69, 9.17) is 0 Å². The molecule has 0 fully saturated rings. The summed E-state index contributed by atoms with van der Waals surface area (Å²) in [6.45, 7) is 1.27. The highest BCUT2D eigenvalue weighted by molar-refractivity contribution is 5.94. The van der Waals surface area contributed by atoms with E-state index in [2.05, 4.69) is 45.3 Å². The minimum atomic E-state index is -0.0673. The van der Waals surface area contributed by atoms with E-state index in [0.29, 0.717) is 18.8 Å². The topological polar surface area (TPSA) is 61.9 Å². The SMILES string of the molecule is O=C(c1cnccn1)N1CCc2[nH]c3ccc(-c4ccccc4)cc3c2C1. The third-order valence-corrected chi connectivity index (χ3v) is 5.15. The van der Waals surface area contributed by atoms with Crippen LogP contribution < -0.4 is 0 Å². The van der Waals surface area contributed by atoms with E-state index in [1.165, 1.54) is 34.0 Å². The Balaban J connectivity index is 1.52. The third-order valence-electron chi connectivity index (χ3n) is 5.15. The molecule has 27 heavy (non-hydrogen) atoms. The lowest BCUT2D eigenvalue weighted by Crippen LogP contribution is -2.36. The van der Waals surface area contributed by atoms with Crippen LogP contribution in [0.3, 0.4) is 0 Å². The number of benzene rings is 2. The molecule has 0 spiro atoms. The van der Waals surface area contributed by atoms with Crippen LogP contribution in [0.1, 0.15) is 21.7 Å². The van der Waals surface area contributed by atoms with E-state index in [-0.39, 0.29) is 5.91 Å². The van der Waals surface area contributed by atoms with Crippen molar-refractivity contribution in [1.82, 2.24) is 19.9 Å². The molecule has 0 unspecified atom stereocenters. The Bertz CT molecular complexity index is 1120. The molecule has 5 heteroatoms. The number of carbonyl (C=O) groups excluding carboxylic acids is 1. The quantitative estimate of drug-likeness (QED) is 0.595. The average Bonchev–Trinajstić information content (AvgIpc) is 3.11. The van der Waals surface area contributed by atoms with Gasteiger partial charge in [0, 0.05) is 54.1 Å². The summed E-state index contributed by atoms with van der Waals surface area (Å²) in [5.41, 5.74) is 6.31. The van der Waals surface area contributed by atoms with Crippen LogP contribution in [0, 0.1) is 0 Å². The second-order valence-electron chi connectivity index (χ2n) is 6.78. The van der Waals surface area contributed by atoms with Crippen molar-refractivity contribution in [1.29, 1.82) is 0 Å². The molecule has 0 bridgehead atoms. The maximum Gasteiger partial charge on any atom is 0.274 e. The molecule has 0 aliphatic carbocycles. The zero-order valence-electron chi connectivity index (χ0n) is 14.7. The number of hydrogen-bond acceptors (Lipinski definition) is 3. The van der Waals surface area contributed by atoms with Crippen molar-refractivity contribution in [2.75, 3.05) is 6.54 Å². The molecule has 0 radical (unpaired) electrons. The summed E-state index contributed by atoms with van der Waals surface area (Å²) in [6, 6.07) is 16.8. The van der Waals surface area contributed by atoms with Crippen LogP contribution in [0.25, 0.3) is 22.0 Å². The highest BCUT2D eigenvalue weighted by Crippen LogP contribution is 2.31. The van der Waals surface area contributed by atoms with Crippen LogP contribution in [0.4, 0.5) is 0 Å². The Kier molecular flexibility index (Phi) is 3.71. The molecule has 0 saturated carbocycles. The standard InChI is InChI=1S/C22H18N4O/c27-22(21-13-23-9-10-24-21)26-11-8-20-18(14-26)17-12-16(6-7-19(17)25-20)15-4-2-1-3-5-15/h1-7,9-10,12-13,25H,8,11,14H2. The summed E-state index contributed by atoms with van der Waals surface area (Å²) in [4.78, 5) is 26.3. The number of carbonyl (C=O) groups is 1. The molecule has 4 aromatic rings. The smallest absolute Gasteiger partial charge is 0.274 e. The molecular weight excluding hydrogens is 336 g/mol. The van der Waals surface area contributed by atoms with Crippen LogP contribution in [-0.4, -0.2) is 32.3 Å². The molecule has 5 rings (SSSR count). The van der Waals surface area contributed by atoms with Gasteiger partial charge in [0.05, 0.1) is 6.20 Å². The van der Waals surface area contributed by atoms with Gasteiger partial charge in [0.1, 0.15) is 5.69 Å². The van der Waals surface area contributed by atoms with Crippen molar-refractivity contribution >= 4 is 16.8 Å². The fraction of sp³-hybridized carbons (Fsp3) is 0.136. The van der Waals surface area contributed by atoms with E-state index in [1.54, 1.807) is 12.4 Å². The molecule has 132 valence electrons. The summed E-state index contributed by atoms with van der Waals surface area (Å²) >= 11 is 0. The number of aromatic amines is 1. The normalized spacial score (nSPS) is 13.6. The molecule has 0 atom stereocenters. The second kappa shape index (κ2) is 6.36. The minimum Gasteiger partial charge on any atom is -0.358 e. The Morgan fingerprint density at radius 1 is 1.04 bits per heavy atom. The molecule has 0 saturated heterocycles. The van der Waals surface area contributed by atoms with Crippen LogP contribution >= 0.6 is 0 Å². The number of nitrogens with one attached hydrogen (secondary N) is 1. The molecule has 5 nitrogen and oxygen atoms in total. The first-order chi connectivity index (χ1) is 13.3. The number of hydrogen-bond donors (Lipinski definition) is 1. The molecule has 2 aromatic carbocycles. The Morgan fingerprint density at radius 2 is 1.93 bits per heavy atom. The van der Waals surface area contributed by atoms with Gasteiger partial charge in [-0.15, -0.1) is 0 Å². The van der Waals surface area contributed by atoms with Crippen LogP contribution in [0.5, 0.6) is 0 Å². The molecule has 1 aliphatic heterocycles. The van der Waals surface area contributed by atoms with Gasteiger partial charge in [-0.25, -0.2) is 4.98 Å². The first-order valence-corrected chi connectivity index (χ1v) is 9.04. The fourth-order valence-corrected chi connectivity index (χ4v) is 3.77. The second-order valence-corrected chi connectivity index (χ2v) is 6.78. The Morgan fingerprint density at radius 3 is 2.74 bits per heavy atom. The first kappa shape index (κ1) is 15.8. The highest BCUT2D eigenvalue weighted by atomic mass is 16.2. The van der Waals surface area contributed by atoms with Gasteiger partial charge >= 0.3 is 0 Å². The lowest BCUT2D eigenvalue weighted by Gasteiger charge is -2.26. The number of fused-ring (bicyclic) bond motifs is 3. The van der Waals surface area contributed by atoms with Crippen molar-refractivity contribution < 1.29 is 4.79 Å². The van der Waals surface area contributed by atoms with Gasteiger partial charge in [0.25, 0.3) is 5.91 Å². The summed E-state index contributed by atoms with van der Waals surface area (Å²) in [5.74, 6) is -0.0673. The van der Waals surface area contributed by atoms with Gasteiger partial charge in [-0.3, -0.25) is 9.78 Å². The first-order valence-electron chi connectivity index (χ1n) is 9.04. The minimum absolute atomic E-state index is 0.0673. The molecule has 1 amide bonds. The van der Waals surface area contributed by atoms with Gasteiger partial charge in [0.2, 0.25) is 0 Å². The zero-order valence-corrected chi connectivity index (χ0v) is 14.7. The van der Waals surface area contributed by atoms with Crippen molar-refractivity contribution in [2.24, 2.45) is 0 Å². The number of rotatable bonds is 2. The summed E-state index contributed by atoms with van der Waals surface area (Å²) in [7, 11) is 0. The summed E-state index contributed by atoms with van der Waals surface area (Å²) in [6.07, 6.45) is 5.48. The van der Waals surface area contributed by atoms with E-state index < -0.39 is 0 Å². The van der Waals surface area contributed by atoms with E-state index in [0.717, 1.165) is 11.9 Å². The van der Waals surface area contributed by atoms with Gasteiger partial charge in [-0.2, -0.15) is 0 Å². The molecular formula is C22H18N4O. The monoisotopic (exact) mass is 354 g/mol. The van der Waals surface area contributed by atoms with Crippen LogP contribution in [0.2, 0.25) is 0 Å². The maximum atomic E-state index is 12.8. The van der Waals surface area contributed by atoms with Gasteiger partial charge in [0.15, 0.2) is 0 Å². The predicted octanol–water partition coefficient (Wildman–Crippen LogP) is 3.82. The van der Waals surface area contributed by atoms with E-state index >= 15 is 0 Å². The Labute approximate surface area is 156 Å². The maximum absolute atomic E-state index is 12.8. The van der Waals surface area contributed by atoms with Crippen LogP contribution in [-0.2, 0) is 13.0 Å². The lowest BCUT2D eigenvalue weighted by atomic mass is 10.00. The lowest BCUT2D eigenvalue weighted by molar-refractivity contribution is 0.0728. The van der Waals surface area contributed by atoms with Gasteiger partial charge < -0.3 is 9.88 Å². The molecule has 2 aromatic heterocycles. The van der Waals surface area contributed by atoms with Gasteiger partial charge in [-0.05, 0) is 23.3 Å². The Hall–Kier alpha value is -3.47. The predicted molar refractivity (Wildman–Crippen MR) is 104 cm³/mol. The summed E-state index contributed by atoms with van der Waals surface area (Å²) < 4.78 is 0. The number of nitrogens with zero attached hydrogens (tertiary/aromatic N) is 3. The fourth-order valence-electron chi connectivity index (χ4n) is 3.77. The highest BCUT2D eigenvalue weighted by Gasteiger charge is 2.25. The zero-order chi connectivity index (χ0) is 18.2. The molecule has 1 N–H and O–H groups in total. The molecule has 3 heterocycles. The van der Waals surface area contributed by atoms with Crippen molar-refractivity contribution in [3.63, 3.8) is 0 Å². The largest absolute Gasteiger partial charge is 0.358 e. The van der Waals surface area contributed by atoms with Crippen molar-refractivity contribution in [2.45, 2.75) is 13.0 Å². The van der Waals surface area contributed by atoms with Crippen molar-refractivity contribution in [3.05, 3.63) is 84.1 Å². The number of H-pyrrole nitrogens is 1. The number of aromatic nitrogens is 3. The summed E-state index contributed by atoms with van der Waals surface area (Å²) in [5, 5.41) is 1.18. The third kappa shape index (κ3) is 2.77.